The first kappa shape index (κ1) is 21.9. The molecule has 4 rings (SSSR count). The average molecular weight is 451 g/mol. The Bertz CT molecular complexity index is 1110. The number of ether oxygens (including phenoxy) is 2. The number of hydrogen-bond acceptors (Lipinski definition) is 5. The molecule has 1 aliphatic rings. The molecule has 0 aliphatic carbocycles. The van der Waals surface area contributed by atoms with Crippen LogP contribution in [-0.2, 0) is 9.59 Å². The highest BCUT2D eigenvalue weighted by Crippen LogP contribution is 2.44. The fraction of sp³-hybridized carbons (Fsp3) is 0.280. The molecule has 32 heavy (non-hydrogen) atoms. The summed E-state index contributed by atoms with van der Waals surface area (Å²) < 4.78 is 10.7. The van der Waals surface area contributed by atoms with Gasteiger partial charge in [0.2, 0.25) is 11.8 Å². The van der Waals surface area contributed by atoms with Crippen LogP contribution in [0.25, 0.3) is 0 Å². The maximum absolute atomic E-state index is 13.7. The summed E-state index contributed by atoms with van der Waals surface area (Å²) >= 11 is 1.56. The zero-order valence-electron chi connectivity index (χ0n) is 18.6. The Labute approximate surface area is 192 Å². The smallest absolute Gasteiger partial charge is 0.232 e. The van der Waals surface area contributed by atoms with E-state index in [2.05, 4.69) is 0 Å². The highest BCUT2D eigenvalue weighted by Gasteiger charge is 2.46. The first-order chi connectivity index (χ1) is 15.4. The van der Waals surface area contributed by atoms with Crippen LogP contribution in [0, 0.1) is 12.8 Å². The van der Waals surface area contributed by atoms with E-state index >= 15 is 0 Å². The molecule has 1 fully saturated rings. The lowest BCUT2D eigenvalue weighted by Gasteiger charge is -2.29. The largest absolute Gasteiger partial charge is 0.493 e. The number of benzene rings is 2. The minimum atomic E-state index is -0.499. The van der Waals surface area contributed by atoms with Crippen LogP contribution in [0.15, 0.2) is 60.0 Å². The quantitative estimate of drug-likeness (QED) is 0.540. The van der Waals surface area contributed by atoms with E-state index in [0.717, 1.165) is 16.1 Å². The van der Waals surface area contributed by atoms with Gasteiger partial charge in [0.25, 0.3) is 0 Å². The van der Waals surface area contributed by atoms with Gasteiger partial charge in [0.05, 0.1) is 26.2 Å². The average Bonchev–Trinajstić information content (AvgIpc) is 3.46. The molecule has 1 aliphatic heterocycles. The molecule has 2 atom stereocenters. The number of aryl methyl sites for hydroxylation is 1. The second kappa shape index (κ2) is 9.04. The van der Waals surface area contributed by atoms with Crippen LogP contribution < -0.4 is 19.3 Å². The van der Waals surface area contributed by atoms with E-state index < -0.39 is 5.92 Å². The van der Waals surface area contributed by atoms with Crippen molar-refractivity contribution in [3.8, 4) is 11.5 Å². The van der Waals surface area contributed by atoms with Gasteiger partial charge < -0.3 is 19.3 Å². The van der Waals surface area contributed by atoms with Gasteiger partial charge in [-0.1, -0.05) is 23.8 Å². The number of hydrogen-bond donors (Lipinski definition) is 0. The van der Waals surface area contributed by atoms with E-state index in [-0.39, 0.29) is 24.3 Å². The summed E-state index contributed by atoms with van der Waals surface area (Å²) in [6.45, 7) is 2.01. The second-order valence-corrected chi connectivity index (χ2v) is 8.79. The first-order valence-corrected chi connectivity index (χ1v) is 11.2. The third-order valence-corrected chi connectivity index (χ3v) is 6.81. The predicted molar refractivity (Wildman–Crippen MR) is 127 cm³/mol. The molecule has 2 amide bonds. The lowest BCUT2D eigenvalue weighted by molar-refractivity contribution is -0.124. The van der Waals surface area contributed by atoms with Gasteiger partial charge in [-0.3, -0.25) is 9.59 Å². The molecule has 0 spiro atoms. The van der Waals surface area contributed by atoms with E-state index in [1.807, 2.05) is 54.8 Å². The maximum Gasteiger partial charge on any atom is 0.232 e. The van der Waals surface area contributed by atoms with Crippen LogP contribution in [0.2, 0.25) is 0 Å². The molecule has 0 saturated carbocycles. The van der Waals surface area contributed by atoms with Crippen LogP contribution in [0.4, 0.5) is 11.4 Å². The Morgan fingerprint density at radius 1 is 1.06 bits per heavy atom. The van der Waals surface area contributed by atoms with Crippen LogP contribution >= 0.6 is 11.3 Å². The Morgan fingerprint density at radius 2 is 1.78 bits per heavy atom. The summed E-state index contributed by atoms with van der Waals surface area (Å²) in [7, 11) is 4.86. The highest BCUT2D eigenvalue weighted by molar-refractivity contribution is 7.10. The molecule has 1 aromatic heterocycles. The van der Waals surface area contributed by atoms with Gasteiger partial charge in [-0.2, -0.15) is 0 Å². The van der Waals surface area contributed by atoms with Gasteiger partial charge in [-0.25, -0.2) is 0 Å². The number of amides is 2. The minimum absolute atomic E-state index is 0.0497. The van der Waals surface area contributed by atoms with Gasteiger partial charge >= 0.3 is 0 Å². The van der Waals surface area contributed by atoms with Crippen molar-refractivity contribution >= 4 is 34.5 Å². The lowest BCUT2D eigenvalue weighted by atomic mass is 9.96. The van der Waals surface area contributed by atoms with Crippen LogP contribution in [0.5, 0.6) is 11.5 Å². The zero-order valence-corrected chi connectivity index (χ0v) is 19.4. The number of carbonyl (C=O) groups is 2. The summed E-state index contributed by atoms with van der Waals surface area (Å²) in [5.74, 6) is 0.476. The molecule has 7 heteroatoms. The molecule has 2 unspecified atom stereocenters. The molecule has 1 saturated heterocycles. The van der Waals surface area contributed by atoms with Crippen molar-refractivity contribution in [2.24, 2.45) is 5.92 Å². The third kappa shape index (κ3) is 3.96. The number of anilines is 2. The fourth-order valence-electron chi connectivity index (χ4n) is 4.16. The second-order valence-electron chi connectivity index (χ2n) is 7.81. The van der Waals surface area contributed by atoms with Crippen molar-refractivity contribution in [1.29, 1.82) is 0 Å². The standard InChI is InChI=1S/C25H26N2O4S/c1-16-7-9-17(10-8-16)27-23(28)15-19(24(27)22-6-5-13-32-22)25(29)26(2)18-11-12-20(30-3)21(14-18)31-4/h5-14,19,24H,15H2,1-4H3. The van der Waals surface area contributed by atoms with Crippen molar-refractivity contribution < 1.29 is 19.1 Å². The topological polar surface area (TPSA) is 59.1 Å². The molecule has 2 aromatic carbocycles. The summed E-state index contributed by atoms with van der Waals surface area (Å²) in [4.78, 5) is 31.2. The number of methoxy groups -OCH3 is 2. The Kier molecular flexibility index (Phi) is 6.19. The van der Waals surface area contributed by atoms with Crippen molar-refractivity contribution in [2.45, 2.75) is 19.4 Å². The summed E-state index contributed by atoms with van der Waals surface area (Å²) in [6.07, 6.45) is 0.160. The predicted octanol–water partition coefficient (Wildman–Crippen LogP) is 4.83. The van der Waals surface area contributed by atoms with Crippen LogP contribution in [-0.4, -0.2) is 33.1 Å². The Balaban J connectivity index is 1.69. The van der Waals surface area contributed by atoms with E-state index in [9.17, 15) is 9.59 Å². The SMILES string of the molecule is COc1ccc(N(C)C(=O)C2CC(=O)N(c3ccc(C)cc3)C2c2cccs2)cc1OC. The Hall–Kier alpha value is -3.32. The molecule has 3 aromatic rings. The minimum Gasteiger partial charge on any atom is -0.493 e. The van der Waals surface area contributed by atoms with Crippen molar-refractivity contribution in [2.75, 3.05) is 31.1 Å². The van der Waals surface area contributed by atoms with Gasteiger partial charge in [-0.15, -0.1) is 11.3 Å². The highest BCUT2D eigenvalue weighted by atomic mass is 32.1. The Morgan fingerprint density at radius 3 is 2.41 bits per heavy atom. The van der Waals surface area contributed by atoms with Gasteiger partial charge in [0.15, 0.2) is 11.5 Å². The molecular formula is C25H26N2O4S. The van der Waals surface area contributed by atoms with E-state index in [4.69, 9.17) is 9.47 Å². The third-order valence-electron chi connectivity index (χ3n) is 5.87. The van der Waals surface area contributed by atoms with Crippen LogP contribution in [0.1, 0.15) is 22.9 Å². The molecule has 2 heterocycles. The number of nitrogens with zero attached hydrogens (tertiary/aromatic N) is 2. The van der Waals surface area contributed by atoms with Crippen molar-refractivity contribution in [1.82, 2.24) is 0 Å². The molecule has 166 valence electrons. The summed E-state index contributed by atoms with van der Waals surface area (Å²) in [6, 6.07) is 16.8. The summed E-state index contributed by atoms with van der Waals surface area (Å²) in [5.41, 5.74) is 2.61. The van der Waals surface area contributed by atoms with Crippen molar-refractivity contribution in [3.05, 3.63) is 70.4 Å². The fourth-order valence-corrected chi connectivity index (χ4v) is 5.04. The van der Waals surface area contributed by atoms with Gasteiger partial charge in [0, 0.05) is 35.8 Å². The molecule has 0 radical (unpaired) electrons. The summed E-state index contributed by atoms with van der Waals surface area (Å²) in [5, 5.41) is 1.98. The normalized spacial score (nSPS) is 18.0. The number of rotatable bonds is 6. The van der Waals surface area contributed by atoms with E-state index in [1.165, 1.54) is 0 Å². The van der Waals surface area contributed by atoms with E-state index in [0.29, 0.717) is 17.2 Å². The van der Waals surface area contributed by atoms with Gasteiger partial charge in [0.1, 0.15) is 0 Å². The molecule has 0 bridgehead atoms. The van der Waals surface area contributed by atoms with Gasteiger partial charge in [-0.05, 0) is 42.6 Å². The van der Waals surface area contributed by atoms with Crippen molar-refractivity contribution in [3.63, 3.8) is 0 Å². The monoisotopic (exact) mass is 450 g/mol. The number of thiophene rings is 1. The molecule has 6 nitrogen and oxygen atoms in total. The zero-order chi connectivity index (χ0) is 22.8. The van der Waals surface area contributed by atoms with Crippen LogP contribution in [0.3, 0.4) is 0 Å². The maximum atomic E-state index is 13.7. The van der Waals surface area contributed by atoms with E-state index in [1.54, 1.807) is 54.5 Å². The first-order valence-electron chi connectivity index (χ1n) is 10.4. The lowest BCUT2D eigenvalue weighted by Crippen LogP contribution is -2.36. The molecule has 0 N–H and O–H groups in total. The number of carbonyl (C=O) groups excluding carboxylic acids is 2. The molecular weight excluding hydrogens is 424 g/mol.